The summed E-state index contributed by atoms with van der Waals surface area (Å²) in [7, 11) is 1.35. The van der Waals surface area contributed by atoms with Crippen LogP contribution in [0.4, 0.5) is 0 Å². The molecule has 1 unspecified atom stereocenters. The summed E-state index contributed by atoms with van der Waals surface area (Å²) < 4.78 is 4.68. The van der Waals surface area contributed by atoms with E-state index >= 15 is 0 Å². The largest absolute Gasteiger partial charge is 0.469 e. The Balaban J connectivity index is 0. The maximum atomic E-state index is 11.9. The first kappa shape index (κ1) is 20.5. The van der Waals surface area contributed by atoms with Crippen LogP contribution in [0.1, 0.15) is 52.9 Å². The molecule has 0 aromatic heterocycles. The van der Waals surface area contributed by atoms with E-state index < -0.39 is 11.6 Å². The van der Waals surface area contributed by atoms with Gasteiger partial charge < -0.3 is 15.8 Å². The number of rotatable bonds is 8. The highest BCUT2D eigenvalue weighted by molar-refractivity contribution is 5.85. The number of ether oxygens (including phenoxy) is 1. The molecule has 0 saturated carbocycles. The summed E-state index contributed by atoms with van der Waals surface area (Å²) in [6.45, 7) is 5.87. The van der Waals surface area contributed by atoms with Crippen LogP contribution in [-0.2, 0) is 14.3 Å². The zero-order valence-electron chi connectivity index (χ0n) is 12.3. The van der Waals surface area contributed by atoms with Crippen LogP contribution in [0.25, 0.3) is 0 Å². The van der Waals surface area contributed by atoms with Crippen molar-refractivity contribution >= 4 is 24.3 Å². The SMILES string of the molecule is CCCC(N)C(=O)NC(CC)(CC)CC(=O)OC.Cl. The Morgan fingerprint density at radius 1 is 1.26 bits per heavy atom. The lowest BCUT2D eigenvalue weighted by Crippen LogP contribution is -2.54. The standard InChI is InChI=1S/C13H26N2O3.ClH/c1-5-8-10(14)12(17)15-13(6-2,7-3)9-11(16)18-4;/h10H,5-9,14H2,1-4H3,(H,15,17);1H. The van der Waals surface area contributed by atoms with Gasteiger partial charge in [-0.3, -0.25) is 9.59 Å². The van der Waals surface area contributed by atoms with E-state index in [2.05, 4.69) is 10.1 Å². The van der Waals surface area contributed by atoms with E-state index in [-0.39, 0.29) is 30.7 Å². The summed E-state index contributed by atoms with van der Waals surface area (Å²) in [6.07, 6.45) is 3.03. The number of halogens is 1. The fourth-order valence-electron chi connectivity index (χ4n) is 1.87. The number of nitrogens with two attached hydrogens (primary N) is 1. The predicted octanol–water partition coefficient (Wildman–Crippen LogP) is 1.77. The number of nitrogens with one attached hydrogen (secondary N) is 1. The molecule has 0 aromatic carbocycles. The van der Waals surface area contributed by atoms with Crippen LogP contribution < -0.4 is 11.1 Å². The molecule has 0 bridgehead atoms. The number of hydrogen-bond acceptors (Lipinski definition) is 4. The number of carbonyl (C=O) groups excluding carboxylic acids is 2. The molecule has 0 radical (unpaired) electrons. The Bertz CT molecular complexity index is 281. The minimum absolute atomic E-state index is 0. The van der Waals surface area contributed by atoms with Crippen LogP contribution in [0, 0.1) is 0 Å². The summed E-state index contributed by atoms with van der Waals surface area (Å²) >= 11 is 0. The van der Waals surface area contributed by atoms with Crippen LogP contribution in [0.2, 0.25) is 0 Å². The lowest BCUT2D eigenvalue weighted by molar-refractivity contribution is -0.143. The van der Waals surface area contributed by atoms with Crippen molar-refractivity contribution in [2.24, 2.45) is 5.73 Å². The van der Waals surface area contributed by atoms with E-state index in [0.717, 1.165) is 6.42 Å². The molecule has 6 heteroatoms. The normalized spacial score (nSPS) is 12.3. The molecule has 19 heavy (non-hydrogen) atoms. The van der Waals surface area contributed by atoms with Crippen molar-refractivity contribution in [2.75, 3.05) is 7.11 Å². The lowest BCUT2D eigenvalue weighted by Gasteiger charge is -2.33. The molecule has 0 aliphatic carbocycles. The van der Waals surface area contributed by atoms with Crippen LogP contribution in [-0.4, -0.2) is 30.6 Å². The Hall–Kier alpha value is -0.810. The van der Waals surface area contributed by atoms with E-state index in [4.69, 9.17) is 5.73 Å². The van der Waals surface area contributed by atoms with Crippen LogP contribution in [0.15, 0.2) is 0 Å². The zero-order chi connectivity index (χ0) is 14.2. The summed E-state index contributed by atoms with van der Waals surface area (Å²) in [5, 5.41) is 2.91. The minimum Gasteiger partial charge on any atom is -0.469 e. The summed E-state index contributed by atoms with van der Waals surface area (Å²) in [5.74, 6) is -0.507. The Morgan fingerprint density at radius 2 is 1.79 bits per heavy atom. The van der Waals surface area contributed by atoms with Gasteiger partial charge in [-0.15, -0.1) is 12.4 Å². The van der Waals surface area contributed by atoms with Crippen molar-refractivity contribution in [3.63, 3.8) is 0 Å². The van der Waals surface area contributed by atoms with E-state index in [9.17, 15) is 9.59 Å². The maximum absolute atomic E-state index is 11.9. The van der Waals surface area contributed by atoms with Gasteiger partial charge in [0.1, 0.15) is 0 Å². The molecule has 0 fully saturated rings. The molecule has 0 aliphatic rings. The third-order valence-electron chi connectivity index (χ3n) is 3.39. The first-order valence-corrected chi connectivity index (χ1v) is 6.59. The number of esters is 1. The molecule has 1 atom stereocenters. The Morgan fingerprint density at radius 3 is 2.16 bits per heavy atom. The molecule has 0 heterocycles. The molecule has 0 spiro atoms. The van der Waals surface area contributed by atoms with Crippen molar-refractivity contribution in [1.29, 1.82) is 0 Å². The second-order valence-electron chi connectivity index (χ2n) is 4.62. The van der Waals surface area contributed by atoms with Gasteiger partial charge in [-0.1, -0.05) is 27.2 Å². The third kappa shape index (κ3) is 6.78. The Labute approximate surface area is 122 Å². The van der Waals surface area contributed by atoms with E-state index in [1.807, 2.05) is 20.8 Å². The third-order valence-corrected chi connectivity index (χ3v) is 3.39. The molecule has 3 N–H and O–H groups in total. The van der Waals surface area contributed by atoms with Gasteiger partial charge in [-0.25, -0.2) is 0 Å². The molecule has 1 amide bonds. The molecule has 0 rings (SSSR count). The zero-order valence-corrected chi connectivity index (χ0v) is 13.1. The number of methoxy groups -OCH3 is 1. The monoisotopic (exact) mass is 294 g/mol. The van der Waals surface area contributed by atoms with Crippen LogP contribution >= 0.6 is 12.4 Å². The van der Waals surface area contributed by atoms with Crippen LogP contribution in [0.3, 0.4) is 0 Å². The fraction of sp³-hybridized carbons (Fsp3) is 0.846. The highest BCUT2D eigenvalue weighted by Gasteiger charge is 2.32. The average Bonchev–Trinajstić information content (AvgIpc) is 2.37. The van der Waals surface area contributed by atoms with E-state index in [1.54, 1.807) is 0 Å². The van der Waals surface area contributed by atoms with Gasteiger partial charge in [0.2, 0.25) is 5.91 Å². The van der Waals surface area contributed by atoms with Gasteiger partial charge in [-0.05, 0) is 19.3 Å². The second-order valence-corrected chi connectivity index (χ2v) is 4.62. The van der Waals surface area contributed by atoms with Crippen molar-refractivity contribution in [3.05, 3.63) is 0 Å². The number of carbonyl (C=O) groups is 2. The van der Waals surface area contributed by atoms with Gasteiger partial charge >= 0.3 is 5.97 Å². The number of amides is 1. The second kappa shape index (κ2) is 10.0. The molecule has 5 nitrogen and oxygen atoms in total. The molecule has 0 aromatic rings. The first-order valence-electron chi connectivity index (χ1n) is 6.59. The molecular formula is C13H27ClN2O3. The molecular weight excluding hydrogens is 268 g/mol. The van der Waals surface area contributed by atoms with Gasteiger partial charge in [0.15, 0.2) is 0 Å². The first-order chi connectivity index (χ1) is 8.44. The summed E-state index contributed by atoms with van der Waals surface area (Å²) in [4.78, 5) is 23.4. The van der Waals surface area contributed by atoms with Gasteiger partial charge in [0, 0.05) is 0 Å². The smallest absolute Gasteiger partial charge is 0.307 e. The molecule has 0 aliphatic heterocycles. The van der Waals surface area contributed by atoms with Crippen LogP contribution in [0.5, 0.6) is 0 Å². The summed E-state index contributed by atoms with van der Waals surface area (Å²) in [6, 6.07) is -0.509. The van der Waals surface area contributed by atoms with Gasteiger partial charge in [0.25, 0.3) is 0 Å². The molecule has 0 saturated heterocycles. The molecule has 114 valence electrons. The van der Waals surface area contributed by atoms with E-state index in [1.165, 1.54) is 7.11 Å². The average molecular weight is 295 g/mol. The van der Waals surface area contributed by atoms with Crippen molar-refractivity contribution in [1.82, 2.24) is 5.32 Å². The highest BCUT2D eigenvalue weighted by Crippen LogP contribution is 2.20. The number of hydrogen-bond donors (Lipinski definition) is 2. The van der Waals surface area contributed by atoms with Gasteiger partial charge in [-0.2, -0.15) is 0 Å². The topological polar surface area (TPSA) is 81.4 Å². The quantitative estimate of drug-likeness (QED) is 0.669. The van der Waals surface area contributed by atoms with Crippen molar-refractivity contribution in [2.45, 2.75) is 64.5 Å². The van der Waals surface area contributed by atoms with Crippen molar-refractivity contribution < 1.29 is 14.3 Å². The minimum atomic E-state index is -0.546. The highest BCUT2D eigenvalue weighted by atomic mass is 35.5. The lowest BCUT2D eigenvalue weighted by atomic mass is 9.88. The Kier molecular flexibility index (Phi) is 10.8. The van der Waals surface area contributed by atoms with Crippen molar-refractivity contribution in [3.8, 4) is 0 Å². The van der Waals surface area contributed by atoms with E-state index in [0.29, 0.717) is 19.3 Å². The summed E-state index contributed by atoms with van der Waals surface area (Å²) in [5.41, 5.74) is 5.23. The fourth-order valence-corrected chi connectivity index (χ4v) is 1.87. The van der Waals surface area contributed by atoms with Gasteiger partial charge in [0.05, 0.1) is 25.1 Å². The predicted molar refractivity (Wildman–Crippen MR) is 78.2 cm³/mol. The maximum Gasteiger partial charge on any atom is 0.307 e.